The van der Waals surface area contributed by atoms with Crippen molar-refractivity contribution in [3.8, 4) is 10.7 Å². The molecule has 1 N–H and O–H groups in total. The first-order chi connectivity index (χ1) is 15.1. The van der Waals surface area contributed by atoms with E-state index in [4.69, 9.17) is 4.52 Å². The lowest BCUT2D eigenvalue weighted by atomic mass is 9.98. The van der Waals surface area contributed by atoms with Crippen LogP contribution in [0.4, 0.5) is 14.5 Å². The summed E-state index contributed by atoms with van der Waals surface area (Å²) >= 11 is 1.24. The van der Waals surface area contributed by atoms with Crippen LogP contribution in [0, 0.1) is 31.4 Å². The molecule has 3 aromatic rings. The molecule has 1 aromatic carbocycles. The van der Waals surface area contributed by atoms with Gasteiger partial charge in [-0.05, 0) is 38.0 Å². The summed E-state index contributed by atoms with van der Waals surface area (Å²) in [5.74, 6) is -2.02. The van der Waals surface area contributed by atoms with Crippen LogP contribution in [-0.2, 0) is 14.8 Å². The average molecular weight is 483 g/mol. The highest BCUT2D eigenvalue weighted by molar-refractivity contribution is 7.89. The molecule has 1 saturated heterocycles. The topological polar surface area (TPSA) is 105 Å². The van der Waals surface area contributed by atoms with Gasteiger partial charge in [0.15, 0.2) is 0 Å². The van der Waals surface area contributed by atoms with Crippen LogP contribution in [-0.4, -0.2) is 41.9 Å². The second-order valence-electron chi connectivity index (χ2n) is 7.48. The number of hydrogen-bond donors (Lipinski definition) is 1. The third-order valence-electron chi connectivity index (χ3n) is 5.18. The number of piperidine rings is 1. The summed E-state index contributed by atoms with van der Waals surface area (Å²) in [7, 11) is -3.88. The van der Waals surface area contributed by atoms with E-state index >= 15 is 0 Å². The summed E-state index contributed by atoms with van der Waals surface area (Å²) in [6.45, 7) is 3.53. The molecule has 2 aromatic heterocycles. The van der Waals surface area contributed by atoms with Gasteiger partial charge in [-0.25, -0.2) is 17.2 Å². The van der Waals surface area contributed by atoms with Gasteiger partial charge in [0.2, 0.25) is 27.6 Å². The molecule has 0 radical (unpaired) electrons. The molecule has 1 amide bonds. The van der Waals surface area contributed by atoms with Crippen molar-refractivity contribution in [3.05, 3.63) is 46.7 Å². The summed E-state index contributed by atoms with van der Waals surface area (Å²) in [6, 6.07) is 4.27. The molecule has 32 heavy (non-hydrogen) atoms. The molecule has 1 aliphatic heterocycles. The van der Waals surface area contributed by atoms with Crippen LogP contribution in [0.15, 0.2) is 33.7 Å². The van der Waals surface area contributed by atoms with Gasteiger partial charge in [-0.2, -0.15) is 9.29 Å². The third kappa shape index (κ3) is 4.43. The van der Waals surface area contributed by atoms with Gasteiger partial charge in [-0.1, -0.05) is 5.16 Å². The maximum Gasteiger partial charge on any atom is 0.244 e. The molecule has 0 bridgehead atoms. The van der Waals surface area contributed by atoms with Gasteiger partial charge >= 0.3 is 0 Å². The number of carbonyl (C=O) groups excluding carboxylic acids is 1. The predicted octanol–water partition coefficient (Wildman–Crippen LogP) is 3.73. The number of amides is 1. The summed E-state index contributed by atoms with van der Waals surface area (Å²) in [5, 5.41) is 6.20. The Morgan fingerprint density at radius 2 is 2.06 bits per heavy atom. The Balaban J connectivity index is 1.53. The Morgan fingerprint density at radius 3 is 2.78 bits per heavy atom. The van der Waals surface area contributed by atoms with E-state index in [9.17, 15) is 22.0 Å². The number of anilines is 1. The van der Waals surface area contributed by atoms with E-state index in [1.165, 1.54) is 21.7 Å². The maximum atomic E-state index is 13.9. The molecule has 3 heterocycles. The van der Waals surface area contributed by atoms with Gasteiger partial charge in [-0.15, -0.1) is 11.3 Å². The predicted molar refractivity (Wildman–Crippen MR) is 114 cm³/mol. The summed E-state index contributed by atoms with van der Waals surface area (Å²) < 4.78 is 60.1. The molecule has 0 spiro atoms. The van der Waals surface area contributed by atoms with E-state index in [0.717, 1.165) is 18.2 Å². The Morgan fingerprint density at radius 1 is 1.28 bits per heavy atom. The Kier molecular flexibility index (Phi) is 6.10. The van der Waals surface area contributed by atoms with Gasteiger partial charge in [0, 0.05) is 31.0 Å². The van der Waals surface area contributed by atoms with Crippen LogP contribution in [0.25, 0.3) is 10.7 Å². The monoisotopic (exact) mass is 482 g/mol. The lowest BCUT2D eigenvalue weighted by Gasteiger charge is -2.31. The second kappa shape index (κ2) is 8.68. The zero-order valence-corrected chi connectivity index (χ0v) is 18.9. The van der Waals surface area contributed by atoms with E-state index in [0.29, 0.717) is 34.3 Å². The van der Waals surface area contributed by atoms with Crippen molar-refractivity contribution in [2.24, 2.45) is 5.92 Å². The number of hydrogen-bond acceptors (Lipinski definition) is 7. The lowest BCUT2D eigenvalue weighted by molar-refractivity contribution is -0.120. The van der Waals surface area contributed by atoms with Gasteiger partial charge < -0.3 is 9.84 Å². The minimum absolute atomic E-state index is 0.0585. The van der Waals surface area contributed by atoms with E-state index in [2.05, 4.69) is 15.5 Å². The van der Waals surface area contributed by atoms with Crippen LogP contribution in [0.2, 0.25) is 0 Å². The zero-order valence-electron chi connectivity index (χ0n) is 17.3. The van der Waals surface area contributed by atoms with Crippen LogP contribution >= 0.6 is 11.3 Å². The number of benzene rings is 1. The molecule has 1 atom stereocenters. The number of carbonyl (C=O) groups is 1. The standard InChI is InChI=1S/C20H20F2N4O4S2/c1-11-18(9-17(31-11)19-23-12(2)30-25-19)32(28,29)26-7-3-4-13(10-26)20(27)24-16-8-14(21)5-6-15(16)22/h5-6,8-9,13H,3-4,7,10H2,1-2H3,(H,24,27)/t13-/m0/s1. The SMILES string of the molecule is Cc1nc(-c2cc(S(=O)(=O)N3CCC[C@H](C(=O)Nc4cc(F)ccc4F)C3)c(C)s2)no1. The quantitative estimate of drug-likeness (QED) is 0.594. The minimum atomic E-state index is -3.88. The maximum absolute atomic E-state index is 13.9. The van der Waals surface area contributed by atoms with Gasteiger partial charge in [-0.3, -0.25) is 4.79 Å². The fourth-order valence-electron chi connectivity index (χ4n) is 3.57. The van der Waals surface area contributed by atoms with E-state index < -0.39 is 33.5 Å². The molecule has 1 aliphatic rings. The van der Waals surface area contributed by atoms with Crippen molar-refractivity contribution in [1.29, 1.82) is 0 Å². The molecule has 12 heteroatoms. The fourth-order valence-corrected chi connectivity index (χ4v) is 6.58. The zero-order chi connectivity index (χ0) is 23.0. The van der Waals surface area contributed by atoms with E-state index in [-0.39, 0.29) is 23.7 Å². The van der Waals surface area contributed by atoms with Gasteiger partial charge in [0.05, 0.1) is 21.4 Å². The van der Waals surface area contributed by atoms with Crippen molar-refractivity contribution in [2.75, 3.05) is 18.4 Å². The molecular weight excluding hydrogens is 462 g/mol. The number of sulfonamides is 1. The van der Waals surface area contributed by atoms with Crippen LogP contribution < -0.4 is 5.32 Å². The van der Waals surface area contributed by atoms with Crippen molar-refractivity contribution >= 4 is 33.0 Å². The molecule has 170 valence electrons. The molecule has 0 aliphatic carbocycles. The average Bonchev–Trinajstić information content (AvgIpc) is 3.36. The van der Waals surface area contributed by atoms with Crippen molar-refractivity contribution in [3.63, 3.8) is 0 Å². The number of nitrogens with one attached hydrogen (secondary N) is 1. The first-order valence-corrected chi connectivity index (χ1v) is 12.1. The molecule has 0 saturated carbocycles. The molecule has 8 nitrogen and oxygen atoms in total. The normalized spacial score (nSPS) is 17.4. The first-order valence-electron chi connectivity index (χ1n) is 9.82. The lowest BCUT2D eigenvalue weighted by Crippen LogP contribution is -2.43. The number of nitrogens with zero attached hydrogens (tertiary/aromatic N) is 3. The summed E-state index contributed by atoms with van der Waals surface area (Å²) in [4.78, 5) is 18.0. The summed E-state index contributed by atoms with van der Waals surface area (Å²) in [5.41, 5.74) is -0.274. The number of rotatable bonds is 5. The van der Waals surface area contributed by atoms with Crippen molar-refractivity contribution in [2.45, 2.75) is 31.6 Å². The number of halogens is 2. The molecule has 0 unspecified atom stereocenters. The van der Waals surface area contributed by atoms with E-state index in [1.54, 1.807) is 13.8 Å². The molecule has 4 rings (SSSR count). The fraction of sp³-hybridized carbons (Fsp3) is 0.350. The number of aromatic nitrogens is 2. The van der Waals surface area contributed by atoms with Crippen molar-refractivity contribution < 1.29 is 26.5 Å². The smallest absolute Gasteiger partial charge is 0.244 e. The van der Waals surface area contributed by atoms with Crippen molar-refractivity contribution in [1.82, 2.24) is 14.4 Å². The number of thiophene rings is 1. The Labute approximate surface area is 187 Å². The van der Waals surface area contributed by atoms with Gasteiger partial charge in [0.25, 0.3) is 0 Å². The number of aryl methyl sites for hydroxylation is 2. The Bertz CT molecular complexity index is 1270. The highest BCUT2D eigenvalue weighted by Gasteiger charge is 2.35. The largest absolute Gasteiger partial charge is 0.339 e. The Hall–Kier alpha value is -2.70. The third-order valence-corrected chi connectivity index (χ3v) is 8.35. The second-order valence-corrected chi connectivity index (χ2v) is 10.6. The minimum Gasteiger partial charge on any atom is -0.339 e. The highest BCUT2D eigenvalue weighted by atomic mass is 32.2. The molecule has 1 fully saturated rings. The van der Waals surface area contributed by atoms with Crippen LogP contribution in [0.1, 0.15) is 23.6 Å². The van der Waals surface area contributed by atoms with E-state index in [1.807, 2.05) is 0 Å². The van der Waals surface area contributed by atoms with Crippen LogP contribution in [0.5, 0.6) is 0 Å². The molecular formula is C20H20F2N4O4S2. The van der Waals surface area contributed by atoms with Gasteiger partial charge in [0.1, 0.15) is 11.6 Å². The first kappa shape index (κ1) is 22.5. The summed E-state index contributed by atoms with van der Waals surface area (Å²) in [6.07, 6.45) is 0.897. The highest BCUT2D eigenvalue weighted by Crippen LogP contribution is 2.35. The van der Waals surface area contributed by atoms with Crippen LogP contribution in [0.3, 0.4) is 0 Å².